The Balaban J connectivity index is 1.45. The van der Waals surface area contributed by atoms with Gasteiger partial charge in [0.15, 0.2) is 11.5 Å². The van der Waals surface area contributed by atoms with E-state index < -0.39 is 23.6 Å². The molecule has 1 N–H and O–H groups in total. The molecule has 8 nitrogen and oxygen atoms in total. The molecule has 38 heavy (non-hydrogen) atoms. The Bertz CT molecular complexity index is 1410. The minimum absolute atomic E-state index is 0.145. The third kappa shape index (κ3) is 6.42. The molecular formula is C27H22Cl2N2O6S. The molecule has 4 rings (SSSR count). The average molecular weight is 573 g/mol. The zero-order valence-corrected chi connectivity index (χ0v) is 22.7. The van der Waals surface area contributed by atoms with Crippen molar-refractivity contribution in [2.75, 3.05) is 26.1 Å². The fraction of sp³-hybridized carbons (Fsp3) is 0.148. The van der Waals surface area contributed by atoms with Crippen molar-refractivity contribution in [2.45, 2.75) is 6.61 Å². The third-order valence-corrected chi connectivity index (χ3v) is 6.87. The van der Waals surface area contributed by atoms with Gasteiger partial charge in [0.2, 0.25) is 5.91 Å². The first-order valence-corrected chi connectivity index (χ1v) is 12.8. The van der Waals surface area contributed by atoms with Crippen molar-refractivity contribution in [2.24, 2.45) is 0 Å². The summed E-state index contributed by atoms with van der Waals surface area (Å²) in [7, 11) is 2.96. The fourth-order valence-electron chi connectivity index (χ4n) is 3.57. The molecule has 1 saturated heterocycles. The van der Waals surface area contributed by atoms with E-state index in [1.54, 1.807) is 24.3 Å². The van der Waals surface area contributed by atoms with Crippen molar-refractivity contribution >= 4 is 63.8 Å². The Kier molecular flexibility index (Phi) is 8.83. The Morgan fingerprint density at radius 1 is 0.974 bits per heavy atom. The van der Waals surface area contributed by atoms with E-state index in [1.165, 1.54) is 26.4 Å². The van der Waals surface area contributed by atoms with Gasteiger partial charge in [-0.2, -0.15) is 0 Å². The van der Waals surface area contributed by atoms with Crippen molar-refractivity contribution in [1.82, 2.24) is 4.90 Å². The minimum atomic E-state index is -0.595. The van der Waals surface area contributed by atoms with Crippen LogP contribution >= 0.6 is 35.0 Å². The topological polar surface area (TPSA) is 94.2 Å². The highest BCUT2D eigenvalue weighted by molar-refractivity contribution is 8.18. The lowest BCUT2D eigenvalue weighted by Crippen LogP contribution is -2.36. The highest BCUT2D eigenvalue weighted by Crippen LogP contribution is 2.39. The number of nitrogens with one attached hydrogen (secondary N) is 1. The molecule has 0 radical (unpaired) electrons. The van der Waals surface area contributed by atoms with Crippen LogP contribution in [-0.2, 0) is 16.2 Å². The second kappa shape index (κ2) is 12.3. The molecule has 0 spiro atoms. The molecule has 196 valence electrons. The standard InChI is InChI=1S/C27H22Cl2N2O6S/c1-35-21-9-8-18(13-19(21)28)30-24(32)14-31-26(33)23(38-27(31)34)12-17-10-20(29)25(22(11-17)36-2)37-15-16-6-4-3-5-7-16/h3-13H,14-15H2,1-2H3,(H,30,32)/b23-12-. The van der Waals surface area contributed by atoms with Crippen LogP contribution in [0.1, 0.15) is 11.1 Å². The van der Waals surface area contributed by atoms with Crippen LogP contribution in [-0.4, -0.2) is 42.7 Å². The summed E-state index contributed by atoms with van der Waals surface area (Å²) >= 11 is 13.3. The van der Waals surface area contributed by atoms with Crippen molar-refractivity contribution in [1.29, 1.82) is 0 Å². The number of hydrogen-bond donors (Lipinski definition) is 1. The summed E-state index contributed by atoms with van der Waals surface area (Å²) < 4.78 is 16.4. The van der Waals surface area contributed by atoms with Gasteiger partial charge in [0.1, 0.15) is 18.9 Å². The third-order valence-electron chi connectivity index (χ3n) is 5.39. The van der Waals surface area contributed by atoms with Crippen LogP contribution in [0.3, 0.4) is 0 Å². The van der Waals surface area contributed by atoms with Gasteiger partial charge in [-0.3, -0.25) is 19.3 Å². The molecule has 3 aromatic carbocycles. The predicted octanol–water partition coefficient (Wildman–Crippen LogP) is 6.26. The number of imide groups is 1. The molecule has 1 aliphatic heterocycles. The molecule has 3 aromatic rings. The normalized spacial score (nSPS) is 14.1. The van der Waals surface area contributed by atoms with Gasteiger partial charge in [-0.1, -0.05) is 53.5 Å². The first-order valence-electron chi connectivity index (χ1n) is 11.2. The first kappa shape index (κ1) is 27.4. The number of thioether (sulfide) groups is 1. The lowest BCUT2D eigenvalue weighted by Gasteiger charge is -2.14. The smallest absolute Gasteiger partial charge is 0.294 e. The highest BCUT2D eigenvalue weighted by atomic mass is 35.5. The van der Waals surface area contributed by atoms with Gasteiger partial charge in [-0.05, 0) is 59.3 Å². The molecule has 1 fully saturated rings. The van der Waals surface area contributed by atoms with Crippen molar-refractivity contribution < 1.29 is 28.6 Å². The second-order valence-corrected chi connectivity index (χ2v) is 9.78. The van der Waals surface area contributed by atoms with Crippen LogP contribution in [0.4, 0.5) is 10.5 Å². The number of rotatable bonds is 9. The zero-order valence-electron chi connectivity index (χ0n) is 20.3. The van der Waals surface area contributed by atoms with E-state index in [2.05, 4.69) is 5.32 Å². The van der Waals surface area contributed by atoms with Gasteiger partial charge >= 0.3 is 0 Å². The number of hydrogen-bond acceptors (Lipinski definition) is 7. The number of methoxy groups -OCH3 is 2. The van der Waals surface area contributed by atoms with E-state index in [9.17, 15) is 14.4 Å². The van der Waals surface area contributed by atoms with Crippen LogP contribution in [0.25, 0.3) is 6.08 Å². The van der Waals surface area contributed by atoms with Crippen molar-refractivity contribution in [3.8, 4) is 17.2 Å². The van der Waals surface area contributed by atoms with E-state index in [0.29, 0.717) is 40.1 Å². The van der Waals surface area contributed by atoms with Crippen LogP contribution in [0.2, 0.25) is 10.0 Å². The van der Waals surface area contributed by atoms with Gasteiger partial charge < -0.3 is 19.5 Å². The Hall–Kier alpha value is -3.66. The molecule has 0 aliphatic carbocycles. The fourth-order valence-corrected chi connectivity index (χ4v) is 4.94. The Morgan fingerprint density at radius 2 is 1.71 bits per heavy atom. The summed E-state index contributed by atoms with van der Waals surface area (Å²) in [6.45, 7) is -0.165. The SMILES string of the molecule is COc1ccc(NC(=O)CN2C(=O)S/C(=C\c3cc(Cl)c(OCc4ccccc4)c(OC)c3)C2=O)cc1Cl. The predicted molar refractivity (Wildman–Crippen MR) is 148 cm³/mol. The lowest BCUT2D eigenvalue weighted by atomic mass is 10.1. The van der Waals surface area contributed by atoms with Crippen LogP contribution in [0.15, 0.2) is 65.6 Å². The molecule has 0 bridgehead atoms. The van der Waals surface area contributed by atoms with E-state index in [-0.39, 0.29) is 9.93 Å². The van der Waals surface area contributed by atoms with E-state index in [4.69, 9.17) is 37.4 Å². The summed E-state index contributed by atoms with van der Waals surface area (Å²) in [5.74, 6) is 0.0325. The second-order valence-electron chi connectivity index (χ2n) is 7.97. The Labute approximate surface area is 233 Å². The molecule has 0 saturated carbocycles. The molecule has 3 amide bonds. The number of halogens is 2. The van der Waals surface area contributed by atoms with Gasteiger partial charge in [0.05, 0.1) is 29.2 Å². The minimum Gasteiger partial charge on any atom is -0.495 e. The van der Waals surface area contributed by atoms with Crippen molar-refractivity contribution in [3.63, 3.8) is 0 Å². The number of amides is 3. The van der Waals surface area contributed by atoms with Crippen LogP contribution in [0, 0.1) is 0 Å². The summed E-state index contributed by atoms with van der Waals surface area (Å²) in [6, 6.07) is 17.6. The molecule has 1 heterocycles. The molecule has 0 aromatic heterocycles. The molecule has 11 heteroatoms. The highest BCUT2D eigenvalue weighted by Gasteiger charge is 2.36. The quantitative estimate of drug-likeness (QED) is 0.302. The van der Waals surface area contributed by atoms with Crippen molar-refractivity contribution in [3.05, 3.63) is 86.7 Å². The number of benzene rings is 3. The van der Waals surface area contributed by atoms with E-state index in [1.807, 2.05) is 30.3 Å². The lowest BCUT2D eigenvalue weighted by molar-refractivity contribution is -0.127. The summed E-state index contributed by atoms with van der Waals surface area (Å²) in [6.07, 6.45) is 1.52. The summed E-state index contributed by atoms with van der Waals surface area (Å²) in [4.78, 5) is 39.0. The van der Waals surface area contributed by atoms with E-state index in [0.717, 1.165) is 22.2 Å². The molecule has 0 unspecified atom stereocenters. The van der Waals surface area contributed by atoms with E-state index >= 15 is 0 Å². The average Bonchev–Trinajstić information content (AvgIpc) is 3.15. The summed E-state index contributed by atoms with van der Waals surface area (Å²) in [5, 5.41) is 2.64. The number of ether oxygens (including phenoxy) is 3. The number of carbonyl (C=O) groups excluding carboxylic acids is 3. The first-order chi connectivity index (χ1) is 18.3. The van der Waals surface area contributed by atoms with Gasteiger partial charge in [-0.15, -0.1) is 0 Å². The maximum atomic E-state index is 12.9. The van der Waals surface area contributed by atoms with Crippen LogP contribution < -0.4 is 19.5 Å². The zero-order chi connectivity index (χ0) is 27.2. The maximum Gasteiger partial charge on any atom is 0.294 e. The molecular weight excluding hydrogens is 551 g/mol. The largest absolute Gasteiger partial charge is 0.495 e. The number of anilines is 1. The monoisotopic (exact) mass is 572 g/mol. The van der Waals surface area contributed by atoms with Gasteiger partial charge in [0, 0.05) is 5.69 Å². The van der Waals surface area contributed by atoms with Crippen LogP contribution in [0.5, 0.6) is 17.2 Å². The molecule has 1 aliphatic rings. The summed E-state index contributed by atoms with van der Waals surface area (Å²) in [5.41, 5.74) is 1.89. The number of carbonyl (C=O) groups is 3. The maximum absolute atomic E-state index is 12.9. The van der Waals surface area contributed by atoms with Gasteiger partial charge in [0.25, 0.3) is 11.1 Å². The van der Waals surface area contributed by atoms with Gasteiger partial charge in [-0.25, -0.2) is 0 Å². The number of nitrogens with zero attached hydrogens (tertiary/aromatic N) is 1. The Morgan fingerprint density at radius 3 is 2.39 bits per heavy atom. The molecule has 0 atom stereocenters.